The van der Waals surface area contributed by atoms with E-state index in [1.165, 1.54) is 0 Å². The second-order valence-corrected chi connectivity index (χ2v) is 4.36. The van der Waals surface area contributed by atoms with E-state index in [-0.39, 0.29) is 12.5 Å². The first-order valence-corrected chi connectivity index (χ1v) is 6.42. The molecule has 0 radical (unpaired) electrons. The monoisotopic (exact) mass is 275 g/mol. The number of carbonyl (C=O) groups excluding carboxylic acids is 1. The summed E-state index contributed by atoms with van der Waals surface area (Å²) in [6, 6.07) is 9.26. The predicted molar refractivity (Wildman–Crippen MR) is 73.6 cm³/mol. The lowest BCUT2D eigenvalue weighted by Crippen LogP contribution is -2.20. The lowest BCUT2D eigenvalue weighted by molar-refractivity contribution is -0.114. The number of hydrogen-bond donors (Lipinski definition) is 1. The van der Waals surface area contributed by atoms with Crippen LogP contribution in [0, 0.1) is 0 Å². The van der Waals surface area contributed by atoms with Crippen molar-refractivity contribution in [3.8, 4) is 0 Å². The van der Waals surface area contributed by atoms with Gasteiger partial charge in [0.15, 0.2) is 0 Å². The standard InChI is InChI=1S/C12H13N5OS/c1-2-8-17-12(19-16-15-17)13-9-11(18)14-10-6-4-3-5-7-10/h2-7H,1,8-9H2,(H,14,18). The molecule has 0 saturated carbocycles. The molecule has 19 heavy (non-hydrogen) atoms. The Morgan fingerprint density at radius 2 is 2.26 bits per heavy atom. The first-order valence-electron chi connectivity index (χ1n) is 5.65. The minimum Gasteiger partial charge on any atom is -0.324 e. The van der Waals surface area contributed by atoms with Gasteiger partial charge in [0.1, 0.15) is 6.54 Å². The van der Waals surface area contributed by atoms with Crippen molar-refractivity contribution in [2.75, 3.05) is 11.9 Å². The summed E-state index contributed by atoms with van der Waals surface area (Å²) in [6.45, 7) is 4.18. The normalized spacial score (nSPS) is 11.3. The van der Waals surface area contributed by atoms with Crippen LogP contribution in [0.2, 0.25) is 0 Å². The molecule has 0 fully saturated rings. The van der Waals surface area contributed by atoms with Crippen molar-refractivity contribution in [1.29, 1.82) is 0 Å². The second-order valence-electron chi connectivity index (χ2n) is 3.65. The van der Waals surface area contributed by atoms with E-state index in [0.29, 0.717) is 11.3 Å². The summed E-state index contributed by atoms with van der Waals surface area (Å²) in [4.78, 5) is 16.5. The number of carbonyl (C=O) groups is 1. The van der Waals surface area contributed by atoms with Gasteiger partial charge >= 0.3 is 0 Å². The molecule has 98 valence electrons. The van der Waals surface area contributed by atoms with Crippen LogP contribution in [0.5, 0.6) is 0 Å². The molecule has 0 spiro atoms. The number of amides is 1. The molecule has 0 atom stereocenters. The van der Waals surface area contributed by atoms with Gasteiger partial charge in [0.2, 0.25) is 10.7 Å². The molecule has 0 unspecified atom stereocenters. The fourth-order valence-electron chi connectivity index (χ4n) is 1.39. The van der Waals surface area contributed by atoms with E-state index in [0.717, 1.165) is 17.2 Å². The van der Waals surface area contributed by atoms with E-state index >= 15 is 0 Å². The zero-order valence-corrected chi connectivity index (χ0v) is 11.0. The number of nitrogens with one attached hydrogen (secondary N) is 1. The first kappa shape index (κ1) is 13.2. The molecule has 2 rings (SSSR count). The highest BCUT2D eigenvalue weighted by molar-refractivity contribution is 7.02. The number of allylic oxidation sites excluding steroid dienone is 1. The molecule has 0 aliphatic carbocycles. The van der Waals surface area contributed by atoms with Crippen LogP contribution < -0.4 is 10.1 Å². The maximum atomic E-state index is 11.7. The van der Waals surface area contributed by atoms with Crippen molar-refractivity contribution in [2.24, 2.45) is 4.99 Å². The maximum Gasteiger partial charge on any atom is 0.246 e. The Hall–Kier alpha value is -2.28. The lowest BCUT2D eigenvalue weighted by atomic mass is 10.3. The van der Waals surface area contributed by atoms with Gasteiger partial charge in [-0.15, -0.1) is 6.58 Å². The molecular formula is C12H13N5OS. The second kappa shape index (κ2) is 6.60. The lowest BCUT2D eigenvalue weighted by Gasteiger charge is -2.01. The van der Waals surface area contributed by atoms with Gasteiger partial charge in [0, 0.05) is 17.2 Å². The smallest absolute Gasteiger partial charge is 0.246 e. The van der Waals surface area contributed by atoms with Gasteiger partial charge in [0.25, 0.3) is 0 Å². The third kappa shape index (κ3) is 3.85. The zero-order valence-electron chi connectivity index (χ0n) is 10.2. The van der Waals surface area contributed by atoms with Crippen molar-refractivity contribution >= 4 is 23.1 Å². The molecule has 1 aromatic heterocycles. The number of para-hydroxylation sites is 1. The Morgan fingerprint density at radius 3 is 3.00 bits per heavy atom. The number of rotatable bonds is 5. The fraction of sp³-hybridized carbons (Fsp3) is 0.167. The average Bonchev–Trinajstić information content (AvgIpc) is 2.85. The largest absolute Gasteiger partial charge is 0.324 e. The Bertz CT molecular complexity index is 616. The van der Waals surface area contributed by atoms with Gasteiger partial charge in [-0.1, -0.05) is 34.0 Å². The molecule has 0 aliphatic heterocycles. The summed E-state index contributed by atoms with van der Waals surface area (Å²) in [6.07, 6.45) is 1.70. The highest BCUT2D eigenvalue weighted by Gasteiger charge is 2.01. The van der Waals surface area contributed by atoms with Crippen LogP contribution in [-0.4, -0.2) is 26.8 Å². The number of nitrogens with zero attached hydrogens (tertiary/aromatic N) is 4. The van der Waals surface area contributed by atoms with Crippen LogP contribution in [0.15, 0.2) is 48.0 Å². The summed E-state index contributed by atoms with van der Waals surface area (Å²) < 4.78 is 5.37. The van der Waals surface area contributed by atoms with Gasteiger partial charge in [-0.25, -0.2) is 9.67 Å². The van der Waals surface area contributed by atoms with Crippen LogP contribution in [0.4, 0.5) is 5.69 Å². The summed E-state index contributed by atoms with van der Waals surface area (Å²) >= 11 is 1.15. The minimum atomic E-state index is -0.176. The Balaban J connectivity index is 1.99. The molecule has 6 nitrogen and oxygen atoms in total. The van der Waals surface area contributed by atoms with Gasteiger partial charge in [-0.3, -0.25) is 4.79 Å². The Morgan fingerprint density at radius 1 is 1.47 bits per heavy atom. The number of benzene rings is 1. The predicted octanol–water partition coefficient (Wildman–Crippen LogP) is 1.06. The van der Waals surface area contributed by atoms with E-state index < -0.39 is 0 Å². The summed E-state index contributed by atoms with van der Waals surface area (Å²) in [5.74, 6) is -0.176. The van der Waals surface area contributed by atoms with Gasteiger partial charge in [-0.2, -0.15) is 0 Å². The van der Waals surface area contributed by atoms with Crippen molar-refractivity contribution in [1.82, 2.24) is 14.4 Å². The van der Waals surface area contributed by atoms with E-state index in [1.807, 2.05) is 30.3 Å². The average molecular weight is 275 g/mol. The topological polar surface area (TPSA) is 72.2 Å². The van der Waals surface area contributed by atoms with E-state index in [1.54, 1.807) is 10.8 Å². The molecule has 1 aromatic carbocycles. The molecule has 1 amide bonds. The third-order valence-electron chi connectivity index (χ3n) is 2.21. The quantitative estimate of drug-likeness (QED) is 0.829. The van der Waals surface area contributed by atoms with Gasteiger partial charge in [0.05, 0.1) is 6.54 Å². The van der Waals surface area contributed by atoms with Crippen molar-refractivity contribution in [2.45, 2.75) is 6.54 Å². The van der Waals surface area contributed by atoms with Crippen LogP contribution in [0.3, 0.4) is 0 Å². The first-order chi connectivity index (χ1) is 9.29. The molecule has 7 heteroatoms. The number of hydrogen-bond acceptors (Lipinski definition) is 5. The third-order valence-corrected chi connectivity index (χ3v) is 2.86. The zero-order chi connectivity index (χ0) is 13.5. The Kier molecular flexibility index (Phi) is 4.57. The SMILES string of the molecule is C=CCn1nnsc1=NCC(=O)Nc1ccccc1. The van der Waals surface area contributed by atoms with Crippen LogP contribution in [-0.2, 0) is 11.3 Å². The van der Waals surface area contributed by atoms with Crippen LogP contribution in [0.25, 0.3) is 0 Å². The summed E-state index contributed by atoms with van der Waals surface area (Å²) in [7, 11) is 0. The fourth-order valence-corrected chi connectivity index (χ4v) is 1.92. The van der Waals surface area contributed by atoms with E-state index in [9.17, 15) is 4.79 Å². The van der Waals surface area contributed by atoms with Crippen LogP contribution >= 0.6 is 11.5 Å². The molecule has 0 aliphatic rings. The molecule has 0 bridgehead atoms. The van der Waals surface area contributed by atoms with Crippen molar-refractivity contribution in [3.05, 3.63) is 47.8 Å². The maximum absolute atomic E-state index is 11.7. The van der Waals surface area contributed by atoms with Gasteiger partial charge in [-0.05, 0) is 12.1 Å². The van der Waals surface area contributed by atoms with Gasteiger partial charge < -0.3 is 5.32 Å². The van der Waals surface area contributed by atoms with Crippen molar-refractivity contribution in [3.63, 3.8) is 0 Å². The minimum absolute atomic E-state index is 0.0376. The summed E-state index contributed by atoms with van der Waals surface area (Å²) in [5, 5.41) is 6.61. The Labute approximate surface area is 114 Å². The molecule has 0 saturated heterocycles. The van der Waals surface area contributed by atoms with E-state index in [2.05, 4.69) is 26.6 Å². The highest BCUT2D eigenvalue weighted by Crippen LogP contribution is 2.04. The molecule has 1 heterocycles. The molecule has 1 N–H and O–H groups in total. The highest BCUT2D eigenvalue weighted by atomic mass is 32.1. The number of aromatic nitrogens is 3. The number of anilines is 1. The molecule has 2 aromatic rings. The van der Waals surface area contributed by atoms with Crippen LogP contribution in [0.1, 0.15) is 0 Å². The molecular weight excluding hydrogens is 262 g/mol. The van der Waals surface area contributed by atoms with Crippen molar-refractivity contribution < 1.29 is 4.79 Å². The summed E-state index contributed by atoms with van der Waals surface area (Å²) in [5.41, 5.74) is 0.754. The van der Waals surface area contributed by atoms with E-state index in [4.69, 9.17) is 0 Å².